The van der Waals surface area contributed by atoms with E-state index < -0.39 is 15.9 Å². The van der Waals surface area contributed by atoms with Crippen LogP contribution < -0.4 is 14.8 Å². The van der Waals surface area contributed by atoms with Gasteiger partial charge in [-0.2, -0.15) is 4.31 Å². The fourth-order valence-electron chi connectivity index (χ4n) is 3.38. The van der Waals surface area contributed by atoms with E-state index in [-0.39, 0.29) is 22.4 Å². The monoisotopic (exact) mass is 452 g/mol. The van der Waals surface area contributed by atoms with Gasteiger partial charge in [-0.25, -0.2) is 8.42 Å². The summed E-state index contributed by atoms with van der Waals surface area (Å²) in [6.45, 7) is 2.73. The lowest BCUT2D eigenvalue weighted by Gasteiger charge is -2.31. The highest BCUT2D eigenvalue weighted by atomic mass is 35.5. The smallest absolute Gasteiger partial charge is 0.243 e. The zero-order valence-electron chi connectivity index (χ0n) is 16.9. The lowest BCUT2D eigenvalue weighted by molar-refractivity contribution is -0.120. The minimum absolute atomic E-state index is 0.0878. The molecule has 2 aromatic rings. The Bertz CT molecular complexity index is 1010. The number of methoxy groups -OCH3 is 1. The third-order valence-electron chi connectivity index (χ3n) is 4.93. The molecule has 1 heterocycles. The van der Waals surface area contributed by atoms with Crippen LogP contribution in [0.5, 0.6) is 11.5 Å². The molecule has 1 atom stereocenters. The molecule has 1 fully saturated rings. The van der Waals surface area contributed by atoms with Crippen LogP contribution in [0.4, 0.5) is 5.69 Å². The third-order valence-corrected chi connectivity index (χ3v) is 7.09. The normalized spacial score (nSPS) is 17.4. The number of benzene rings is 2. The van der Waals surface area contributed by atoms with Crippen LogP contribution in [0.2, 0.25) is 5.02 Å². The Morgan fingerprint density at radius 2 is 2.07 bits per heavy atom. The summed E-state index contributed by atoms with van der Waals surface area (Å²) in [5, 5.41) is 3.09. The van der Waals surface area contributed by atoms with Gasteiger partial charge in [-0.05, 0) is 50.1 Å². The number of hydrogen-bond donors (Lipinski definition) is 1. The largest absolute Gasteiger partial charge is 0.497 e. The average Bonchev–Trinajstić information content (AvgIpc) is 2.75. The molecule has 0 aliphatic carbocycles. The number of ether oxygens (including phenoxy) is 2. The van der Waals surface area contributed by atoms with Crippen molar-refractivity contribution in [2.45, 2.75) is 24.7 Å². The molecule has 1 aliphatic rings. The Labute approximate surface area is 182 Å². The van der Waals surface area contributed by atoms with E-state index in [2.05, 4.69) is 5.32 Å². The van der Waals surface area contributed by atoms with Gasteiger partial charge in [0.15, 0.2) is 0 Å². The summed E-state index contributed by atoms with van der Waals surface area (Å²) in [6, 6.07) is 11.5. The summed E-state index contributed by atoms with van der Waals surface area (Å²) in [6.07, 6.45) is 1.21. The summed E-state index contributed by atoms with van der Waals surface area (Å²) >= 11 is 6.16. The molecule has 1 saturated heterocycles. The van der Waals surface area contributed by atoms with Crippen LogP contribution in [-0.2, 0) is 14.8 Å². The molecule has 0 radical (unpaired) electrons. The van der Waals surface area contributed by atoms with Gasteiger partial charge in [0.25, 0.3) is 0 Å². The van der Waals surface area contributed by atoms with Crippen molar-refractivity contribution in [3.05, 3.63) is 47.5 Å². The van der Waals surface area contributed by atoms with Crippen LogP contribution in [-0.4, -0.2) is 45.4 Å². The van der Waals surface area contributed by atoms with E-state index in [9.17, 15) is 13.2 Å². The van der Waals surface area contributed by atoms with Crippen molar-refractivity contribution in [2.24, 2.45) is 5.92 Å². The zero-order valence-corrected chi connectivity index (χ0v) is 18.5. The van der Waals surface area contributed by atoms with Crippen molar-refractivity contribution in [3.8, 4) is 11.5 Å². The highest BCUT2D eigenvalue weighted by molar-refractivity contribution is 7.89. The molecule has 0 unspecified atom stereocenters. The second-order valence-electron chi connectivity index (χ2n) is 6.95. The van der Waals surface area contributed by atoms with E-state index in [0.29, 0.717) is 43.2 Å². The summed E-state index contributed by atoms with van der Waals surface area (Å²) in [5.74, 6) is 0.408. The van der Waals surface area contributed by atoms with E-state index in [1.807, 2.05) is 6.92 Å². The molecular weight excluding hydrogens is 428 g/mol. The van der Waals surface area contributed by atoms with Gasteiger partial charge in [0.1, 0.15) is 11.5 Å². The number of carbonyl (C=O) groups excluding carboxylic acids is 1. The third kappa shape index (κ3) is 5.06. The van der Waals surface area contributed by atoms with Crippen molar-refractivity contribution < 1.29 is 22.7 Å². The molecule has 162 valence electrons. The van der Waals surface area contributed by atoms with Gasteiger partial charge < -0.3 is 14.8 Å². The minimum atomic E-state index is -3.77. The van der Waals surface area contributed by atoms with E-state index in [1.54, 1.807) is 37.4 Å². The maximum Gasteiger partial charge on any atom is 0.243 e. The van der Waals surface area contributed by atoms with Crippen LogP contribution >= 0.6 is 11.6 Å². The number of piperidine rings is 1. The van der Waals surface area contributed by atoms with E-state index in [4.69, 9.17) is 21.1 Å². The number of nitrogens with one attached hydrogen (secondary N) is 1. The number of amides is 1. The lowest BCUT2D eigenvalue weighted by atomic mass is 9.98. The van der Waals surface area contributed by atoms with Crippen molar-refractivity contribution in [3.63, 3.8) is 0 Å². The predicted molar refractivity (Wildman–Crippen MR) is 116 cm³/mol. The van der Waals surface area contributed by atoms with Crippen LogP contribution in [0.25, 0.3) is 0 Å². The van der Waals surface area contributed by atoms with Gasteiger partial charge in [-0.3, -0.25) is 4.79 Å². The molecule has 2 aromatic carbocycles. The first kappa shape index (κ1) is 22.4. The number of anilines is 1. The Morgan fingerprint density at radius 3 is 2.77 bits per heavy atom. The molecule has 1 amide bonds. The second kappa shape index (κ2) is 9.68. The number of hydrogen-bond acceptors (Lipinski definition) is 5. The summed E-state index contributed by atoms with van der Waals surface area (Å²) in [5.41, 5.74) is 0.609. The van der Waals surface area contributed by atoms with Gasteiger partial charge in [0.2, 0.25) is 15.9 Å². The van der Waals surface area contributed by atoms with Crippen LogP contribution in [0.15, 0.2) is 47.4 Å². The molecule has 3 rings (SSSR count). The fraction of sp³-hybridized carbons (Fsp3) is 0.381. The van der Waals surface area contributed by atoms with Crippen molar-refractivity contribution >= 4 is 33.2 Å². The number of carbonyl (C=O) groups is 1. The minimum Gasteiger partial charge on any atom is -0.497 e. The number of rotatable bonds is 7. The first-order valence-electron chi connectivity index (χ1n) is 9.72. The molecule has 0 spiro atoms. The number of nitrogens with zero attached hydrogens (tertiary/aromatic N) is 1. The van der Waals surface area contributed by atoms with E-state index >= 15 is 0 Å². The van der Waals surface area contributed by atoms with Crippen molar-refractivity contribution in [1.82, 2.24) is 4.31 Å². The summed E-state index contributed by atoms with van der Waals surface area (Å²) < 4.78 is 38.1. The Kier molecular flexibility index (Phi) is 7.23. The molecule has 30 heavy (non-hydrogen) atoms. The van der Waals surface area contributed by atoms with E-state index in [0.717, 1.165) is 0 Å². The Hall–Kier alpha value is -2.29. The Balaban J connectivity index is 1.73. The molecule has 1 aliphatic heterocycles. The first-order chi connectivity index (χ1) is 14.3. The van der Waals surface area contributed by atoms with Crippen molar-refractivity contribution in [2.75, 3.05) is 32.1 Å². The van der Waals surface area contributed by atoms with Gasteiger partial charge >= 0.3 is 0 Å². The first-order valence-corrected chi connectivity index (χ1v) is 11.5. The van der Waals surface area contributed by atoms with Gasteiger partial charge in [-0.15, -0.1) is 0 Å². The second-order valence-corrected chi connectivity index (χ2v) is 9.29. The van der Waals surface area contributed by atoms with Gasteiger partial charge in [-0.1, -0.05) is 17.7 Å². The number of sulfonamides is 1. The van der Waals surface area contributed by atoms with Crippen LogP contribution in [0.3, 0.4) is 0 Å². The van der Waals surface area contributed by atoms with Crippen molar-refractivity contribution in [1.29, 1.82) is 0 Å². The standard InChI is InChI=1S/C21H25ClN2O5S/c1-3-29-20-10-9-18(13-19(20)22)30(26,27)24-11-5-6-15(14-24)21(25)23-16-7-4-8-17(12-16)28-2/h4,7-10,12-13,15H,3,5-6,11,14H2,1-2H3,(H,23,25)/t15-/m1/s1. The van der Waals surface area contributed by atoms with Gasteiger partial charge in [0.05, 0.1) is 29.6 Å². The summed E-state index contributed by atoms with van der Waals surface area (Å²) in [7, 11) is -2.22. The zero-order chi connectivity index (χ0) is 21.7. The van der Waals surface area contributed by atoms with Gasteiger partial charge in [0, 0.05) is 24.8 Å². The summed E-state index contributed by atoms with van der Waals surface area (Å²) in [4.78, 5) is 12.8. The molecule has 0 aromatic heterocycles. The number of halogens is 1. The molecule has 0 saturated carbocycles. The SMILES string of the molecule is CCOc1ccc(S(=O)(=O)N2CCC[C@@H](C(=O)Nc3cccc(OC)c3)C2)cc1Cl. The Morgan fingerprint density at radius 1 is 1.27 bits per heavy atom. The highest BCUT2D eigenvalue weighted by Crippen LogP contribution is 2.31. The molecular formula is C21H25ClN2O5S. The highest BCUT2D eigenvalue weighted by Gasteiger charge is 2.33. The molecule has 9 heteroatoms. The fourth-order valence-corrected chi connectivity index (χ4v) is 5.23. The maximum atomic E-state index is 13.1. The van der Waals surface area contributed by atoms with Crippen LogP contribution in [0, 0.1) is 5.92 Å². The van der Waals surface area contributed by atoms with Crippen LogP contribution in [0.1, 0.15) is 19.8 Å². The average molecular weight is 453 g/mol. The lowest BCUT2D eigenvalue weighted by Crippen LogP contribution is -2.43. The molecule has 7 nitrogen and oxygen atoms in total. The predicted octanol–water partition coefficient (Wildman–Crippen LogP) is 3.79. The quantitative estimate of drug-likeness (QED) is 0.690. The molecule has 1 N–H and O–H groups in total. The maximum absolute atomic E-state index is 13.1. The van der Waals surface area contributed by atoms with E-state index in [1.165, 1.54) is 16.4 Å². The topological polar surface area (TPSA) is 84.9 Å². The molecule has 0 bridgehead atoms.